The van der Waals surface area contributed by atoms with Gasteiger partial charge < -0.3 is 4.42 Å². The molecule has 3 heterocycles. The van der Waals surface area contributed by atoms with Crippen molar-refractivity contribution in [3.63, 3.8) is 0 Å². The summed E-state index contributed by atoms with van der Waals surface area (Å²) in [5.74, 6) is 0. The number of furan rings is 1. The molecule has 0 saturated carbocycles. The van der Waals surface area contributed by atoms with E-state index in [2.05, 4.69) is 55.2 Å². The first kappa shape index (κ1) is 14.7. The van der Waals surface area contributed by atoms with E-state index in [0.717, 1.165) is 33.6 Å². The molecule has 0 unspecified atom stereocenters. The smallest absolute Gasteiger partial charge is 0.153 e. The van der Waals surface area contributed by atoms with Crippen LogP contribution >= 0.6 is 0 Å². The van der Waals surface area contributed by atoms with E-state index in [1.807, 2.05) is 18.2 Å². The number of aromatic nitrogens is 3. The fourth-order valence-electron chi connectivity index (χ4n) is 2.82. The first-order chi connectivity index (χ1) is 11.5. The van der Waals surface area contributed by atoms with Crippen molar-refractivity contribution >= 4 is 11.1 Å². The van der Waals surface area contributed by atoms with E-state index in [0.29, 0.717) is 0 Å². The lowest BCUT2D eigenvalue weighted by Gasteiger charge is -2.19. The minimum Gasteiger partial charge on any atom is -0.462 e. The molecule has 24 heavy (non-hydrogen) atoms. The zero-order valence-electron chi connectivity index (χ0n) is 14.0. The van der Waals surface area contributed by atoms with Gasteiger partial charge in [0.1, 0.15) is 11.8 Å². The molecule has 4 heteroatoms. The Morgan fingerprint density at radius 2 is 1.75 bits per heavy atom. The number of hydrogen-bond acceptors (Lipinski definition) is 3. The van der Waals surface area contributed by atoms with E-state index in [9.17, 15) is 0 Å². The van der Waals surface area contributed by atoms with Crippen molar-refractivity contribution in [2.75, 3.05) is 0 Å². The van der Waals surface area contributed by atoms with E-state index in [1.54, 1.807) is 12.5 Å². The van der Waals surface area contributed by atoms with Gasteiger partial charge in [-0.15, -0.1) is 0 Å². The summed E-state index contributed by atoms with van der Waals surface area (Å²) in [6.07, 6.45) is 3.50. The highest BCUT2D eigenvalue weighted by atomic mass is 16.3. The van der Waals surface area contributed by atoms with E-state index < -0.39 is 0 Å². The third-order valence-electron chi connectivity index (χ3n) is 4.26. The molecule has 1 aromatic carbocycles. The largest absolute Gasteiger partial charge is 0.462 e. The lowest BCUT2D eigenvalue weighted by atomic mass is 9.86. The summed E-state index contributed by atoms with van der Waals surface area (Å²) in [5.41, 5.74) is 6.97. The Kier molecular flexibility index (Phi) is 3.27. The van der Waals surface area contributed by atoms with Crippen molar-refractivity contribution in [2.45, 2.75) is 26.2 Å². The first-order valence-corrected chi connectivity index (χ1v) is 8.01. The van der Waals surface area contributed by atoms with E-state index in [-0.39, 0.29) is 5.41 Å². The summed E-state index contributed by atoms with van der Waals surface area (Å²) < 4.78 is 5.68. The van der Waals surface area contributed by atoms with Gasteiger partial charge in [-0.1, -0.05) is 45.0 Å². The fraction of sp³-hybridized carbons (Fsp3) is 0.200. The molecule has 0 fully saturated rings. The summed E-state index contributed by atoms with van der Waals surface area (Å²) >= 11 is 0. The number of fused-ring (bicyclic) bond motifs is 1. The third-order valence-corrected chi connectivity index (χ3v) is 4.26. The number of nitrogens with zero attached hydrogens (tertiary/aromatic N) is 2. The predicted octanol–water partition coefficient (Wildman–Crippen LogP) is 5.18. The SMILES string of the molecule is CC(C)(C)c1ccc(-c2coc3ccc(-c4ccn[nH]4)nc23)cc1. The van der Waals surface area contributed by atoms with Crippen molar-refractivity contribution in [1.82, 2.24) is 15.2 Å². The molecule has 0 aliphatic rings. The number of nitrogens with one attached hydrogen (secondary N) is 1. The molecule has 0 atom stereocenters. The predicted molar refractivity (Wildman–Crippen MR) is 95.7 cm³/mol. The van der Waals surface area contributed by atoms with Crippen LogP contribution in [0.5, 0.6) is 0 Å². The Labute approximate surface area is 140 Å². The standard InChI is InChI=1S/C20H19N3O/c1-20(2,3)14-6-4-13(5-7-14)15-12-24-18-9-8-16(22-19(15)18)17-10-11-21-23-17/h4-12H,1-3H3,(H,21,23). The molecule has 0 spiro atoms. The average molecular weight is 317 g/mol. The molecule has 4 aromatic rings. The van der Waals surface area contributed by atoms with Gasteiger partial charge in [0.25, 0.3) is 0 Å². The van der Waals surface area contributed by atoms with Gasteiger partial charge in [0.2, 0.25) is 0 Å². The number of benzene rings is 1. The molecule has 0 bridgehead atoms. The van der Waals surface area contributed by atoms with Crippen LogP contribution in [-0.4, -0.2) is 15.2 Å². The quantitative estimate of drug-likeness (QED) is 0.554. The molecular weight excluding hydrogens is 298 g/mol. The van der Waals surface area contributed by atoms with Gasteiger partial charge in [0.15, 0.2) is 5.58 Å². The second-order valence-corrected chi connectivity index (χ2v) is 6.99. The Hall–Kier alpha value is -2.88. The second-order valence-electron chi connectivity index (χ2n) is 6.99. The summed E-state index contributed by atoms with van der Waals surface area (Å²) in [4.78, 5) is 4.76. The Morgan fingerprint density at radius 1 is 0.958 bits per heavy atom. The van der Waals surface area contributed by atoms with Crippen LogP contribution in [0.4, 0.5) is 0 Å². The van der Waals surface area contributed by atoms with Crippen LogP contribution in [-0.2, 0) is 5.41 Å². The molecule has 3 aromatic heterocycles. The minimum absolute atomic E-state index is 0.142. The van der Waals surface area contributed by atoms with Crippen LogP contribution in [0, 0.1) is 0 Å². The zero-order valence-corrected chi connectivity index (χ0v) is 14.0. The number of hydrogen-bond donors (Lipinski definition) is 1. The van der Waals surface area contributed by atoms with Gasteiger partial charge in [-0.3, -0.25) is 5.10 Å². The number of rotatable bonds is 2. The third kappa shape index (κ3) is 2.50. The molecule has 0 aliphatic heterocycles. The zero-order chi connectivity index (χ0) is 16.7. The van der Waals surface area contributed by atoms with Crippen LogP contribution in [0.25, 0.3) is 33.6 Å². The van der Waals surface area contributed by atoms with Crippen LogP contribution in [0.3, 0.4) is 0 Å². The summed E-state index contributed by atoms with van der Waals surface area (Å²) in [6.45, 7) is 6.65. The fourth-order valence-corrected chi connectivity index (χ4v) is 2.82. The van der Waals surface area contributed by atoms with Gasteiger partial charge in [-0.25, -0.2) is 4.98 Å². The van der Waals surface area contributed by atoms with E-state index >= 15 is 0 Å². The van der Waals surface area contributed by atoms with Crippen molar-refractivity contribution in [3.8, 4) is 22.5 Å². The molecule has 0 aliphatic carbocycles. The van der Waals surface area contributed by atoms with Crippen molar-refractivity contribution in [1.29, 1.82) is 0 Å². The maximum Gasteiger partial charge on any atom is 0.153 e. The van der Waals surface area contributed by atoms with Crippen LogP contribution < -0.4 is 0 Å². The summed E-state index contributed by atoms with van der Waals surface area (Å²) in [5, 5.41) is 6.94. The first-order valence-electron chi connectivity index (χ1n) is 8.01. The van der Waals surface area contributed by atoms with Crippen LogP contribution in [0.1, 0.15) is 26.3 Å². The van der Waals surface area contributed by atoms with Crippen LogP contribution in [0.15, 0.2) is 59.3 Å². The Balaban J connectivity index is 1.80. The van der Waals surface area contributed by atoms with Gasteiger partial charge in [0, 0.05) is 11.8 Å². The molecule has 120 valence electrons. The molecule has 0 radical (unpaired) electrons. The highest BCUT2D eigenvalue weighted by Crippen LogP contribution is 2.32. The van der Waals surface area contributed by atoms with Crippen LogP contribution in [0.2, 0.25) is 0 Å². The van der Waals surface area contributed by atoms with E-state index in [4.69, 9.17) is 9.40 Å². The lowest BCUT2D eigenvalue weighted by Crippen LogP contribution is -2.10. The highest BCUT2D eigenvalue weighted by molar-refractivity contribution is 5.91. The van der Waals surface area contributed by atoms with Crippen molar-refractivity contribution in [3.05, 3.63) is 60.5 Å². The monoisotopic (exact) mass is 317 g/mol. The van der Waals surface area contributed by atoms with Gasteiger partial charge >= 0.3 is 0 Å². The van der Waals surface area contributed by atoms with Gasteiger partial charge in [-0.05, 0) is 34.7 Å². The molecular formula is C20H19N3O. The lowest BCUT2D eigenvalue weighted by molar-refractivity contribution is 0.590. The van der Waals surface area contributed by atoms with Crippen molar-refractivity contribution in [2.24, 2.45) is 0 Å². The number of H-pyrrole nitrogens is 1. The summed E-state index contributed by atoms with van der Waals surface area (Å²) in [7, 11) is 0. The molecule has 4 nitrogen and oxygen atoms in total. The topological polar surface area (TPSA) is 54.7 Å². The van der Waals surface area contributed by atoms with Gasteiger partial charge in [0.05, 0.1) is 11.4 Å². The maximum absolute atomic E-state index is 5.68. The maximum atomic E-state index is 5.68. The number of aromatic amines is 1. The molecule has 1 N–H and O–H groups in total. The Morgan fingerprint density at radius 3 is 2.42 bits per heavy atom. The van der Waals surface area contributed by atoms with Gasteiger partial charge in [-0.2, -0.15) is 5.10 Å². The Bertz CT molecular complexity index is 974. The van der Waals surface area contributed by atoms with Crippen molar-refractivity contribution < 1.29 is 4.42 Å². The molecule has 4 rings (SSSR count). The number of pyridine rings is 1. The summed E-state index contributed by atoms with van der Waals surface area (Å²) in [6, 6.07) is 14.4. The average Bonchev–Trinajstić information content (AvgIpc) is 3.23. The molecule has 0 amide bonds. The normalized spacial score (nSPS) is 12.0. The van der Waals surface area contributed by atoms with E-state index in [1.165, 1.54) is 5.56 Å². The minimum atomic E-state index is 0.142. The molecule has 0 saturated heterocycles. The highest BCUT2D eigenvalue weighted by Gasteiger charge is 2.15. The second kappa shape index (κ2) is 5.34.